The number of esters is 2. The number of hydrogen-bond donors (Lipinski definition) is 1. The van der Waals surface area contributed by atoms with E-state index in [2.05, 4.69) is 26.2 Å². The molecular weight excluding hydrogens is 694 g/mol. The van der Waals surface area contributed by atoms with Crippen molar-refractivity contribution in [3.63, 3.8) is 0 Å². The second-order valence-electron chi connectivity index (χ2n) is 12.2. The monoisotopic (exact) mass is 728 g/mol. The highest BCUT2D eigenvalue weighted by molar-refractivity contribution is 9.10. The number of carbonyl (C=O) groups is 2. The van der Waals surface area contributed by atoms with Gasteiger partial charge in [0.05, 0.1) is 27.8 Å². The number of nitrogens with zero attached hydrogens (tertiary/aromatic N) is 3. The first-order chi connectivity index (χ1) is 21.2. The molecule has 2 aromatic rings. The third-order valence-electron chi connectivity index (χ3n) is 8.04. The maximum absolute atomic E-state index is 14.7. The molecule has 1 saturated heterocycles. The Morgan fingerprint density at radius 2 is 1.87 bits per heavy atom. The van der Waals surface area contributed by atoms with Crippen LogP contribution in [0.2, 0.25) is 0 Å². The molecular formula is C30H35BrF2N4O6S2. The molecule has 5 rings (SSSR count). The first kappa shape index (κ1) is 33.6. The number of rotatable bonds is 8. The topological polar surface area (TPSA) is 127 Å². The molecule has 1 aliphatic carbocycles. The SMILES string of the molecule is CCOC(=O)C1=C(C2CCN(S(=O)(=O)C3CC(C(=O)OC(C)(C)C)C3)CC2)NC(c2nccs2)=NC1c1ccc(F)c(F)c1Br. The summed E-state index contributed by atoms with van der Waals surface area (Å²) in [5, 5.41) is 4.91. The molecule has 0 bridgehead atoms. The second-order valence-corrected chi connectivity index (χ2v) is 16.1. The summed E-state index contributed by atoms with van der Waals surface area (Å²) in [5.74, 6) is -3.60. The summed E-state index contributed by atoms with van der Waals surface area (Å²) in [6.45, 7) is 7.46. The van der Waals surface area contributed by atoms with Crippen LogP contribution in [0.5, 0.6) is 0 Å². The van der Waals surface area contributed by atoms with Gasteiger partial charge in [-0.05, 0) is 80.9 Å². The van der Waals surface area contributed by atoms with Crippen molar-refractivity contribution < 1.29 is 36.3 Å². The minimum absolute atomic E-state index is 0.0761. The van der Waals surface area contributed by atoms with E-state index in [-0.39, 0.29) is 60.0 Å². The number of halogens is 3. The van der Waals surface area contributed by atoms with E-state index in [4.69, 9.17) is 14.5 Å². The van der Waals surface area contributed by atoms with Gasteiger partial charge in [-0.15, -0.1) is 11.3 Å². The number of aliphatic imine (C=N–C) groups is 1. The Bertz CT molecular complexity index is 1630. The smallest absolute Gasteiger partial charge is 0.338 e. The zero-order valence-electron chi connectivity index (χ0n) is 25.3. The number of ether oxygens (including phenoxy) is 2. The van der Waals surface area contributed by atoms with Gasteiger partial charge in [0.1, 0.15) is 11.6 Å². The van der Waals surface area contributed by atoms with Crippen LogP contribution in [0.3, 0.4) is 0 Å². The molecule has 10 nitrogen and oxygen atoms in total. The molecule has 1 N–H and O–H groups in total. The molecule has 1 aromatic carbocycles. The van der Waals surface area contributed by atoms with Crippen LogP contribution in [-0.4, -0.2) is 66.0 Å². The molecule has 1 atom stereocenters. The molecule has 3 aliphatic rings. The first-order valence-corrected chi connectivity index (χ1v) is 17.9. The van der Waals surface area contributed by atoms with Crippen LogP contribution >= 0.6 is 27.3 Å². The predicted molar refractivity (Wildman–Crippen MR) is 168 cm³/mol. The fraction of sp³-hybridized carbons (Fsp3) is 0.533. The summed E-state index contributed by atoms with van der Waals surface area (Å²) in [4.78, 5) is 35.0. The zero-order valence-corrected chi connectivity index (χ0v) is 28.5. The van der Waals surface area contributed by atoms with E-state index in [0.29, 0.717) is 29.4 Å². The highest BCUT2D eigenvalue weighted by Gasteiger charge is 2.47. The van der Waals surface area contributed by atoms with Gasteiger partial charge in [-0.25, -0.2) is 31.3 Å². The van der Waals surface area contributed by atoms with E-state index in [1.54, 1.807) is 39.3 Å². The normalized spacial score (nSPS) is 23.2. The van der Waals surface area contributed by atoms with Crippen LogP contribution in [0.1, 0.15) is 70.0 Å². The number of allylic oxidation sites excluding steroid dienone is 1. The van der Waals surface area contributed by atoms with Crippen LogP contribution in [0.4, 0.5) is 8.78 Å². The van der Waals surface area contributed by atoms with Crippen LogP contribution < -0.4 is 5.32 Å². The first-order valence-electron chi connectivity index (χ1n) is 14.7. The minimum Gasteiger partial charge on any atom is -0.463 e. The van der Waals surface area contributed by atoms with Crippen LogP contribution in [-0.2, 0) is 29.1 Å². The summed E-state index contributed by atoms with van der Waals surface area (Å²) >= 11 is 4.47. The summed E-state index contributed by atoms with van der Waals surface area (Å²) in [7, 11) is -3.66. The summed E-state index contributed by atoms with van der Waals surface area (Å²) in [5.41, 5.74) is 0.219. The van der Waals surface area contributed by atoms with Gasteiger partial charge >= 0.3 is 11.9 Å². The Morgan fingerprint density at radius 1 is 1.18 bits per heavy atom. The van der Waals surface area contributed by atoms with Gasteiger partial charge < -0.3 is 14.8 Å². The molecule has 0 radical (unpaired) electrons. The number of benzene rings is 1. The Kier molecular flexibility index (Phi) is 9.83. The van der Waals surface area contributed by atoms with Gasteiger partial charge in [-0.3, -0.25) is 9.79 Å². The lowest BCUT2D eigenvalue weighted by Crippen LogP contribution is -2.50. The molecule has 1 unspecified atom stereocenters. The fourth-order valence-corrected chi connectivity index (χ4v) is 8.96. The third kappa shape index (κ3) is 7.00. The molecule has 1 aromatic heterocycles. The average molecular weight is 730 g/mol. The van der Waals surface area contributed by atoms with Gasteiger partial charge in [0.25, 0.3) is 0 Å². The van der Waals surface area contributed by atoms with E-state index in [1.807, 2.05) is 0 Å². The third-order valence-corrected chi connectivity index (χ3v) is 11.9. The summed E-state index contributed by atoms with van der Waals surface area (Å²) < 4.78 is 67.9. The molecule has 45 heavy (non-hydrogen) atoms. The average Bonchev–Trinajstić information content (AvgIpc) is 3.49. The van der Waals surface area contributed by atoms with Crippen LogP contribution in [0.25, 0.3) is 0 Å². The lowest BCUT2D eigenvalue weighted by molar-refractivity contribution is -0.162. The van der Waals surface area contributed by atoms with E-state index < -0.39 is 50.4 Å². The fourth-order valence-electron chi connectivity index (χ4n) is 5.74. The van der Waals surface area contributed by atoms with E-state index in [9.17, 15) is 26.8 Å². The Hall–Kier alpha value is -2.75. The molecule has 244 valence electrons. The Balaban J connectivity index is 1.41. The van der Waals surface area contributed by atoms with Crippen molar-refractivity contribution in [1.82, 2.24) is 14.6 Å². The number of aromatic nitrogens is 1. The van der Waals surface area contributed by atoms with Crippen molar-refractivity contribution in [2.24, 2.45) is 16.8 Å². The van der Waals surface area contributed by atoms with E-state index in [0.717, 1.165) is 6.07 Å². The largest absolute Gasteiger partial charge is 0.463 e. The highest BCUT2D eigenvalue weighted by Crippen LogP contribution is 2.42. The van der Waals surface area contributed by atoms with Gasteiger partial charge in [0.15, 0.2) is 22.5 Å². The van der Waals surface area contributed by atoms with Gasteiger partial charge in [0, 0.05) is 36.3 Å². The molecule has 2 aliphatic heterocycles. The number of thiazole rings is 1. The van der Waals surface area contributed by atoms with Crippen molar-refractivity contribution >= 4 is 55.1 Å². The lowest BCUT2D eigenvalue weighted by atomic mass is 9.85. The molecule has 3 heterocycles. The van der Waals surface area contributed by atoms with Crippen LogP contribution in [0, 0.1) is 23.5 Å². The number of hydrogen-bond acceptors (Lipinski definition) is 10. The number of piperidine rings is 1. The van der Waals surface area contributed by atoms with Gasteiger partial charge in [0.2, 0.25) is 10.0 Å². The maximum Gasteiger partial charge on any atom is 0.338 e. The predicted octanol–water partition coefficient (Wildman–Crippen LogP) is 5.25. The second kappa shape index (κ2) is 13.2. The van der Waals surface area contributed by atoms with Gasteiger partial charge in [-0.2, -0.15) is 0 Å². The van der Waals surface area contributed by atoms with Crippen molar-refractivity contribution in [2.45, 2.75) is 70.3 Å². The molecule has 1 saturated carbocycles. The molecule has 0 spiro atoms. The molecule has 15 heteroatoms. The Labute approximate surface area is 273 Å². The number of carbonyl (C=O) groups excluding carboxylic acids is 2. The standard InChI is InChI=1S/C30H35BrF2N4O6S2/c1-5-42-29(39)21-24(35-26(27-34-10-13-44-27)36-25(21)19-6-7-20(32)23(33)22(19)31)16-8-11-37(12-9-16)45(40,41)18-14-17(15-18)28(38)43-30(2,3)4/h6-7,10,13,16-18,25H,5,8-9,11-12,14-15H2,1-4H3,(H,35,36). The number of sulfonamides is 1. The zero-order chi connectivity index (χ0) is 32.7. The number of nitrogens with one attached hydrogen (secondary N) is 1. The quantitative estimate of drug-likeness (QED) is 0.289. The van der Waals surface area contributed by atoms with Crippen molar-refractivity contribution in [1.29, 1.82) is 0 Å². The molecule has 0 amide bonds. The maximum atomic E-state index is 14.7. The lowest BCUT2D eigenvalue weighted by Gasteiger charge is -2.40. The highest BCUT2D eigenvalue weighted by atomic mass is 79.9. The summed E-state index contributed by atoms with van der Waals surface area (Å²) in [6.07, 6.45) is 2.80. The Morgan fingerprint density at radius 3 is 2.47 bits per heavy atom. The minimum atomic E-state index is -3.66. The van der Waals surface area contributed by atoms with Crippen molar-refractivity contribution in [3.05, 3.63) is 61.7 Å². The molecule has 2 fully saturated rings. The van der Waals surface area contributed by atoms with Gasteiger partial charge in [-0.1, -0.05) is 6.07 Å². The van der Waals surface area contributed by atoms with E-state index >= 15 is 0 Å². The van der Waals surface area contributed by atoms with E-state index in [1.165, 1.54) is 21.7 Å². The van der Waals surface area contributed by atoms with Crippen molar-refractivity contribution in [2.75, 3.05) is 19.7 Å². The summed E-state index contributed by atoms with van der Waals surface area (Å²) in [6, 6.07) is 1.30. The van der Waals surface area contributed by atoms with Crippen LogP contribution in [0.15, 0.2) is 44.4 Å². The number of amidine groups is 1. The van der Waals surface area contributed by atoms with Crippen molar-refractivity contribution in [3.8, 4) is 0 Å².